The third-order valence-corrected chi connectivity index (χ3v) is 4.91. The van der Waals surface area contributed by atoms with Gasteiger partial charge in [-0.1, -0.05) is 6.07 Å². The molecule has 2 N–H and O–H groups in total. The highest BCUT2D eigenvalue weighted by molar-refractivity contribution is 6.01. The lowest BCUT2D eigenvalue weighted by atomic mass is 10.1. The molecule has 144 valence electrons. The van der Waals surface area contributed by atoms with Crippen molar-refractivity contribution in [3.05, 3.63) is 56.8 Å². The van der Waals surface area contributed by atoms with Gasteiger partial charge in [-0.25, -0.2) is 9.87 Å². The Bertz CT molecular complexity index is 948. The number of aryl methyl sites for hydroxylation is 1. The van der Waals surface area contributed by atoms with Crippen molar-refractivity contribution in [2.75, 3.05) is 11.9 Å². The van der Waals surface area contributed by atoms with E-state index in [4.69, 9.17) is 4.84 Å². The first-order chi connectivity index (χ1) is 12.8. The largest absolute Gasteiger partial charge is 0.352 e. The van der Waals surface area contributed by atoms with E-state index < -0.39 is 11.7 Å². The first kappa shape index (κ1) is 19.1. The summed E-state index contributed by atoms with van der Waals surface area (Å²) in [5, 5.41) is 2.93. The molecule has 0 aliphatic heterocycles. The Morgan fingerprint density at radius 3 is 2.63 bits per heavy atom. The first-order valence-electron chi connectivity index (χ1n) is 8.95. The number of anilines is 2. The summed E-state index contributed by atoms with van der Waals surface area (Å²) in [7, 11) is 1.60. The van der Waals surface area contributed by atoms with Crippen molar-refractivity contribution < 1.29 is 14.0 Å². The van der Waals surface area contributed by atoms with Crippen LogP contribution >= 0.6 is 0 Å². The number of aromatic nitrogens is 1. The SMILES string of the molecule is Cc1ccc(Nc2c(C(=O)NOCC3CC3)c(C)n(C)c(=O)c2C)c(F)c1. The smallest absolute Gasteiger partial charge is 0.278 e. The molecule has 1 aliphatic carbocycles. The molecule has 1 fully saturated rings. The number of hydroxylamine groups is 1. The van der Waals surface area contributed by atoms with E-state index in [1.807, 2.05) is 0 Å². The Kier molecular flexibility index (Phi) is 5.32. The van der Waals surface area contributed by atoms with Gasteiger partial charge in [-0.05, 0) is 57.2 Å². The molecule has 1 amide bonds. The van der Waals surface area contributed by atoms with Crippen LogP contribution in [0.25, 0.3) is 0 Å². The molecule has 0 spiro atoms. The van der Waals surface area contributed by atoms with Crippen LogP contribution in [0.15, 0.2) is 23.0 Å². The average Bonchev–Trinajstić information content (AvgIpc) is 3.44. The van der Waals surface area contributed by atoms with Crippen LogP contribution in [0.1, 0.15) is 40.0 Å². The van der Waals surface area contributed by atoms with Crippen LogP contribution in [0, 0.1) is 32.5 Å². The van der Waals surface area contributed by atoms with E-state index in [1.165, 1.54) is 10.6 Å². The lowest BCUT2D eigenvalue weighted by molar-refractivity contribution is 0.0269. The monoisotopic (exact) mass is 373 g/mol. The zero-order valence-electron chi connectivity index (χ0n) is 16.0. The van der Waals surface area contributed by atoms with Crippen molar-refractivity contribution in [2.45, 2.75) is 33.6 Å². The molecular weight excluding hydrogens is 349 g/mol. The molecule has 0 bridgehead atoms. The first-order valence-corrected chi connectivity index (χ1v) is 8.95. The van der Waals surface area contributed by atoms with Crippen LogP contribution in [0.4, 0.5) is 15.8 Å². The van der Waals surface area contributed by atoms with Crippen molar-refractivity contribution in [1.82, 2.24) is 10.0 Å². The van der Waals surface area contributed by atoms with Gasteiger partial charge < -0.3 is 9.88 Å². The van der Waals surface area contributed by atoms with Gasteiger partial charge in [-0.2, -0.15) is 0 Å². The molecule has 7 heteroatoms. The Balaban J connectivity index is 1.99. The van der Waals surface area contributed by atoms with Crippen molar-refractivity contribution in [3.8, 4) is 0 Å². The van der Waals surface area contributed by atoms with E-state index in [0.29, 0.717) is 23.8 Å². The van der Waals surface area contributed by atoms with Gasteiger partial charge in [0.05, 0.1) is 23.5 Å². The van der Waals surface area contributed by atoms with Gasteiger partial charge in [0.25, 0.3) is 11.5 Å². The minimum Gasteiger partial charge on any atom is -0.352 e. The van der Waals surface area contributed by atoms with Crippen LogP contribution in [0.3, 0.4) is 0 Å². The highest BCUT2D eigenvalue weighted by atomic mass is 19.1. The fourth-order valence-electron chi connectivity index (χ4n) is 2.90. The number of halogens is 1. The maximum absolute atomic E-state index is 14.3. The molecule has 0 saturated heterocycles. The quantitative estimate of drug-likeness (QED) is 0.763. The van der Waals surface area contributed by atoms with Crippen LogP contribution in [0.5, 0.6) is 0 Å². The molecular formula is C20H24FN3O3. The van der Waals surface area contributed by atoms with Gasteiger partial charge in [-0.15, -0.1) is 0 Å². The fourth-order valence-corrected chi connectivity index (χ4v) is 2.90. The number of benzene rings is 1. The Labute approximate surface area is 157 Å². The molecule has 3 rings (SSSR count). The second-order valence-corrected chi connectivity index (χ2v) is 7.12. The Hall–Kier alpha value is -2.67. The summed E-state index contributed by atoms with van der Waals surface area (Å²) < 4.78 is 15.7. The zero-order valence-corrected chi connectivity index (χ0v) is 16.0. The lowest BCUT2D eigenvalue weighted by Gasteiger charge is -2.19. The van der Waals surface area contributed by atoms with Crippen molar-refractivity contribution in [3.63, 3.8) is 0 Å². The van der Waals surface area contributed by atoms with E-state index in [9.17, 15) is 14.0 Å². The molecule has 27 heavy (non-hydrogen) atoms. The number of nitrogens with one attached hydrogen (secondary N) is 2. The fraction of sp³-hybridized carbons (Fsp3) is 0.400. The van der Waals surface area contributed by atoms with Crippen molar-refractivity contribution >= 4 is 17.3 Å². The maximum atomic E-state index is 14.3. The van der Waals surface area contributed by atoms with Gasteiger partial charge in [0.15, 0.2) is 0 Å². The minimum atomic E-state index is -0.470. The second kappa shape index (κ2) is 7.52. The Morgan fingerprint density at radius 1 is 1.30 bits per heavy atom. The number of hydrogen-bond acceptors (Lipinski definition) is 4. The predicted molar refractivity (Wildman–Crippen MR) is 102 cm³/mol. The number of amides is 1. The van der Waals surface area contributed by atoms with Crippen LogP contribution < -0.4 is 16.4 Å². The number of hydrogen-bond donors (Lipinski definition) is 2. The number of nitrogens with zero attached hydrogens (tertiary/aromatic N) is 1. The summed E-state index contributed by atoms with van der Waals surface area (Å²) >= 11 is 0. The van der Waals surface area contributed by atoms with Gasteiger partial charge in [-0.3, -0.25) is 14.4 Å². The molecule has 1 heterocycles. The van der Waals surface area contributed by atoms with E-state index in [1.54, 1.807) is 40.0 Å². The number of rotatable bonds is 6. The van der Waals surface area contributed by atoms with E-state index in [-0.39, 0.29) is 22.5 Å². The second-order valence-electron chi connectivity index (χ2n) is 7.12. The molecule has 0 radical (unpaired) electrons. The van der Waals surface area contributed by atoms with Crippen molar-refractivity contribution in [1.29, 1.82) is 0 Å². The van der Waals surface area contributed by atoms with E-state index >= 15 is 0 Å². The van der Waals surface area contributed by atoms with Gasteiger partial charge in [0, 0.05) is 18.3 Å². The molecule has 2 aromatic rings. The molecule has 1 aromatic heterocycles. The zero-order chi connectivity index (χ0) is 19.7. The number of pyridine rings is 1. The summed E-state index contributed by atoms with van der Waals surface area (Å²) in [6, 6.07) is 4.74. The normalized spacial score (nSPS) is 13.5. The summed E-state index contributed by atoms with van der Waals surface area (Å²) in [4.78, 5) is 30.5. The molecule has 0 atom stereocenters. The van der Waals surface area contributed by atoms with Gasteiger partial charge >= 0.3 is 0 Å². The standard InChI is InChI=1S/C20H24FN3O3/c1-11-5-8-16(15(21)9-11)22-18-12(2)20(26)24(4)13(3)17(18)19(25)23-27-10-14-6-7-14/h5,8-9,14,22H,6-7,10H2,1-4H3,(H,23,25). The molecule has 6 nitrogen and oxygen atoms in total. The predicted octanol–water partition coefficient (Wildman–Crippen LogP) is 3.26. The lowest BCUT2D eigenvalue weighted by Crippen LogP contribution is -2.32. The van der Waals surface area contributed by atoms with E-state index in [0.717, 1.165) is 18.4 Å². The number of carbonyl (C=O) groups excluding carboxylic acids is 1. The third kappa shape index (κ3) is 4.03. The minimum absolute atomic E-state index is 0.198. The number of carbonyl (C=O) groups is 1. The average molecular weight is 373 g/mol. The van der Waals surface area contributed by atoms with Crippen LogP contribution in [-0.2, 0) is 11.9 Å². The highest BCUT2D eigenvalue weighted by Crippen LogP contribution is 2.29. The molecule has 1 aromatic carbocycles. The van der Waals surface area contributed by atoms with E-state index in [2.05, 4.69) is 10.8 Å². The summed E-state index contributed by atoms with van der Waals surface area (Å²) in [6.45, 7) is 5.53. The van der Waals surface area contributed by atoms with Gasteiger partial charge in [0.1, 0.15) is 5.82 Å². The summed E-state index contributed by atoms with van der Waals surface area (Å²) in [5.74, 6) is -0.432. The third-order valence-electron chi connectivity index (χ3n) is 4.91. The highest BCUT2D eigenvalue weighted by Gasteiger charge is 2.25. The van der Waals surface area contributed by atoms with Crippen LogP contribution in [0.2, 0.25) is 0 Å². The van der Waals surface area contributed by atoms with Crippen LogP contribution in [-0.4, -0.2) is 17.1 Å². The maximum Gasteiger partial charge on any atom is 0.278 e. The topological polar surface area (TPSA) is 72.4 Å². The molecule has 0 unspecified atom stereocenters. The molecule has 1 saturated carbocycles. The van der Waals surface area contributed by atoms with Gasteiger partial charge in [0.2, 0.25) is 0 Å². The summed E-state index contributed by atoms with van der Waals surface area (Å²) in [6.07, 6.45) is 2.21. The van der Waals surface area contributed by atoms with Crippen molar-refractivity contribution in [2.24, 2.45) is 13.0 Å². The Morgan fingerprint density at radius 2 is 2.00 bits per heavy atom. The summed E-state index contributed by atoms with van der Waals surface area (Å²) in [5.41, 5.74) is 4.51. The molecule has 1 aliphatic rings.